The van der Waals surface area contributed by atoms with Gasteiger partial charge in [0.15, 0.2) is 6.10 Å². The number of hydrogen-bond donors (Lipinski definition) is 5. The number of rotatable bonds is 2. The van der Waals surface area contributed by atoms with Gasteiger partial charge in [0, 0.05) is 5.41 Å². The highest BCUT2D eigenvalue weighted by Crippen LogP contribution is 2.68. The first-order chi connectivity index (χ1) is 12.5. The molecule has 0 aromatic rings. The molecule has 154 valence electrons. The molecule has 0 aromatic heterocycles. The Kier molecular flexibility index (Phi) is 4.47. The third kappa shape index (κ3) is 2.49. The van der Waals surface area contributed by atoms with Gasteiger partial charge in [-0.25, -0.2) is 4.79 Å². The van der Waals surface area contributed by atoms with Crippen LogP contribution in [0.5, 0.6) is 0 Å². The smallest absolute Gasteiger partial charge is 0.335 e. The lowest BCUT2D eigenvalue weighted by molar-refractivity contribution is -0.223. The van der Waals surface area contributed by atoms with Crippen molar-refractivity contribution >= 4 is 5.97 Å². The molecule has 27 heavy (non-hydrogen) atoms. The zero-order valence-corrected chi connectivity index (χ0v) is 16.3. The van der Waals surface area contributed by atoms with Gasteiger partial charge in [0.25, 0.3) is 0 Å². The van der Waals surface area contributed by atoms with Crippen LogP contribution in [0.15, 0.2) is 0 Å². The number of aliphatic hydroxyl groups excluding tert-OH is 3. The third-order valence-corrected chi connectivity index (χ3v) is 9.47. The van der Waals surface area contributed by atoms with Crippen molar-refractivity contribution in [3.05, 3.63) is 0 Å². The van der Waals surface area contributed by atoms with Crippen LogP contribution in [0.1, 0.15) is 65.2 Å². The predicted molar refractivity (Wildman–Crippen MR) is 97.7 cm³/mol. The van der Waals surface area contributed by atoms with Gasteiger partial charge in [-0.3, -0.25) is 0 Å². The Labute approximate surface area is 160 Å². The van der Waals surface area contributed by atoms with Gasteiger partial charge in [-0.15, -0.1) is 0 Å². The summed E-state index contributed by atoms with van der Waals surface area (Å²) in [6.45, 7) is 4.13. The molecule has 5 N–H and O–H groups in total. The lowest BCUT2D eigenvalue weighted by Gasteiger charge is -2.63. The van der Waals surface area contributed by atoms with E-state index >= 15 is 0 Å². The average Bonchev–Trinajstić information content (AvgIpc) is 2.86. The van der Waals surface area contributed by atoms with Crippen LogP contribution in [0.4, 0.5) is 0 Å². The Bertz CT molecular complexity index is 624. The topological polar surface area (TPSA) is 118 Å². The molecular weight excluding hydrogens is 348 g/mol. The van der Waals surface area contributed by atoms with Gasteiger partial charge in [0.05, 0.1) is 12.2 Å². The van der Waals surface area contributed by atoms with Crippen LogP contribution >= 0.6 is 0 Å². The molecule has 0 amide bonds. The van der Waals surface area contributed by atoms with Crippen molar-refractivity contribution in [3.63, 3.8) is 0 Å². The molecule has 4 saturated carbocycles. The lowest BCUT2D eigenvalue weighted by Crippen LogP contribution is -2.64. The number of fused-ring (bicyclic) bond motifs is 5. The van der Waals surface area contributed by atoms with Gasteiger partial charge in [0.2, 0.25) is 0 Å². The Balaban J connectivity index is 1.68. The third-order valence-electron chi connectivity index (χ3n) is 9.47. The molecule has 4 rings (SSSR count). The first-order valence-corrected chi connectivity index (χ1v) is 10.5. The molecule has 10 atom stereocenters. The molecule has 0 unspecified atom stereocenters. The Hall–Kier alpha value is -0.690. The summed E-state index contributed by atoms with van der Waals surface area (Å²) in [6, 6.07) is 0. The molecule has 6 heteroatoms. The molecule has 0 bridgehead atoms. The summed E-state index contributed by atoms with van der Waals surface area (Å²) in [5.41, 5.74) is -2.52. The lowest BCUT2D eigenvalue weighted by atomic mass is 9.43. The molecule has 4 aliphatic rings. The van der Waals surface area contributed by atoms with Crippen LogP contribution in [0.3, 0.4) is 0 Å². The largest absolute Gasteiger partial charge is 0.479 e. The minimum atomic E-state index is -1.83. The molecule has 0 aliphatic heterocycles. The fourth-order valence-corrected chi connectivity index (χ4v) is 8.05. The van der Waals surface area contributed by atoms with Crippen LogP contribution < -0.4 is 0 Å². The van der Waals surface area contributed by atoms with Gasteiger partial charge in [-0.2, -0.15) is 0 Å². The highest BCUT2D eigenvalue weighted by Gasteiger charge is 2.69. The average molecular weight is 382 g/mol. The monoisotopic (exact) mass is 382 g/mol. The SMILES string of the molecule is C[C@]12CC[C@@H](O)C[C@H]1CC[C@@H]1[C@@H]2[C@@H](O)C[C@@]2(C)[C@H]1CC[C@]2(O)[C@@H](O)C(=O)O. The molecule has 0 heterocycles. The van der Waals surface area contributed by atoms with E-state index in [1.54, 1.807) is 0 Å². The number of aliphatic carboxylic acids is 1. The van der Waals surface area contributed by atoms with Crippen LogP contribution in [0, 0.1) is 34.5 Å². The molecule has 4 aliphatic carbocycles. The van der Waals surface area contributed by atoms with Gasteiger partial charge >= 0.3 is 5.97 Å². The van der Waals surface area contributed by atoms with Crippen molar-refractivity contribution < 1.29 is 30.3 Å². The van der Waals surface area contributed by atoms with Crippen molar-refractivity contribution in [1.82, 2.24) is 0 Å². The summed E-state index contributed by atoms with van der Waals surface area (Å²) in [5, 5.41) is 52.2. The predicted octanol–water partition coefficient (Wildman–Crippen LogP) is 1.54. The van der Waals surface area contributed by atoms with Crippen LogP contribution in [0.2, 0.25) is 0 Å². The highest BCUT2D eigenvalue weighted by molar-refractivity contribution is 5.74. The summed E-state index contributed by atoms with van der Waals surface area (Å²) in [5.74, 6) is -0.537. The second kappa shape index (κ2) is 6.15. The van der Waals surface area contributed by atoms with E-state index in [2.05, 4.69) is 6.92 Å². The van der Waals surface area contributed by atoms with Gasteiger partial charge < -0.3 is 25.5 Å². The van der Waals surface area contributed by atoms with Gasteiger partial charge in [-0.1, -0.05) is 13.8 Å². The van der Waals surface area contributed by atoms with Crippen LogP contribution in [-0.4, -0.2) is 55.4 Å². The van der Waals surface area contributed by atoms with Crippen molar-refractivity contribution in [3.8, 4) is 0 Å². The van der Waals surface area contributed by atoms with Crippen molar-refractivity contribution in [2.45, 2.75) is 89.1 Å². The summed E-state index contributed by atoms with van der Waals surface area (Å²) >= 11 is 0. The Morgan fingerprint density at radius 3 is 2.44 bits per heavy atom. The molecule has 0 radical (unpaired) electrons. The minimum absolute atomic E-state index is 0.0188. The summed E-state index contributed by atoms with van der Waals surface area (Å²) < 4.78 is 0. The quantitative estimate of drug-likeness (QED) is 0.494. The maximum absolute atomic E-state index is 11.4. The zero-order chi connectivity index (χ0) is 19.8. The van der Waals surface area contributed by atoms with Crippen molar-refractivity contribution in [2.24, 2.45) is 34.5 Å². The standard InChI is InChI=1S/C21H34O6/c1-19-7-5-12(22)9-11(19)3-4-13-14-6-8-21(27,17(24)18(25)26)20(14,2)10-15(23)16(13)19/h11-17,22-24,27H,3-10H2,1-2H3,(H,25,26)/t11-,12-,13+,14+,15+,16-,17+,19+,20+,21+/m1/s1. The Morgan fingerprint density at radius 2 is 1.78 bits per heavy atom. The first kappa shape index (κ1) is 19.6. The van der Waals surface area contributed by atoms with E-state index in [-0.39, 0.29) is 35.7 Å². The Morgan fingerprint density at radius 1 is 1.07 bits per heavy atom. The van der Waals surface area contributed by atoms with E-state index in [9.17, 15) is 30.3 Å². The molecule has 4 fully saturated rings. The maximum atomic E-state index is 11.4. The minimum Gasteiger partial charge on any atom is -0.479 e. The van der Waals surface area contributed by atoms with E-state index in [0.29, 0.717) is 18.8 Å². The van der Waals surface area contributed by atoms with E-state index in [1.807, 2.05) is 6.92 Å². The number of hydrogen-bond acceptors (Lipinski definition) is 5. The van der Waals surface area contributed by atoms with E-state index in [0.717, 1.165) is 32.1 Å². The van der Waals surface area contributed by atoms with Crippen molar-refractivity contribution in [1.29, 1.82) is 0 Å². The first-order valence-electron chi connectivity index (χ1n) is 10.5. The van der Waals surface area contributed by atoms with E-state index in [1.165, 1.54) is 0 Å². The van der Waals surface area contributed by atoms with Gasteiger partial charge in [-0.05, 0) is 80.5 Å². The van der Waals surface area contributed by atoms with Gasteiger partial charge in [0.1, 0.15) is 5.60 Å². The molecule has 0 saturated heterocycles. The molecular formula is C21H34O6. The number of aliphatic hydroxyl groups is 4. The summed E-state index contributed by atoms with van der Waals surface area (Å²) in [7, 11) is 0. The van der Waals surface area contributed by atoms with Crippen molar-refractivity contribution in [2.75, 3.05) is 0 Å². The van der Waals surface area contributed by atoms with Crippen LogP contribution in [0.25, 0.3) is 0 Å². The second-order valence-electron chi connectivity index (χ2n) is 10.4. The molecule has 6 nitrogen and oxygen atoms in total. The molecule has 0 spiro atoms. The summed E-state index contributed by atoms with van der Waals surface area (Å²) in [4.78, 5) is 11.4. The number of carboxylic acids is 1. The van der Waals surface area contributed by atoms with E-state index in [4.69, 9.17) is 0 Å². The zero-order valence-electron chi connectivity index (χ0n) is 16.3. The van der Waals surface area contributed by atoms with E-state index < -0.39 is 29.2 Å². The summed E-state index contributed by atoms with van der Waals surface area (Å²) in [6.07, 6.45) is 3.01. The number of carboxylic acid groups (broad SMARTS) is 1. The normalized spacial score (nSPS) is 55.9. The van der Waals surface area contributed by atoms with Crippen LogP contribution in [-0.2, 0) is 4.79 Å². The number of carbonyl (C=O) groups is 1. The second-order valence-corrected chi connectivity index (χ2v) is 10.4. The highest BCUT2D eigenvalue weighted by atomic mass is 16.4. The maximum Gasteiger partial charge on any atom is 0.335 e. The fraction of sp³-hybridized carbons (Fsp3) is 0.952. The fourth-order valence-electron chi connectivity index (χ4n) is 8.05. The molecule has 0 aromatic carbocycles.